The summed E-state index contributed by atoms with van der Waals surface area (Å²) in [6, 6.07) is 10.9. The molecule has 1 aliphatic rings. The van der Waals surface area contributed by atoms with Crippen LogP contribution in [0.2, 0.25) is 0 Å². The molecule has 0 aromatic heterocycles. The Bertz CT molecular complexity index is 832. The first-order valence-electron chi connectivity index (χ1n) is 8.87. The van der Waals surface area contributed by atoms with Gasteiger partial charge in [-0.05, 0) is 43.2 Å². The number of benzene rings is 2. The van der Waals surface area contributed by atoms with Crippen molar-refractivity contribution < 1.29 is 27.8 Å². The van der Waals surface area contributed by atoms with Gasteiger partial charge in [-0.2, -0.15) is 8.78 Å². The number of carbonyl (C=O) groups excluding carboxylic acids is 1. The topological polar surface area (TPSA) is 60.0 Å². The van der Waals surface area contributed by atoms with E-state index in [1.807, 2.05) is 6.07 Å². The third-order valence-electron chi connectivity index (χ3n) is 4.65. The number of nitrogens with zero attached hydrogens (tertiary/aromatic N) is 1. The van der Waals surface area contributed by atoms with Gasteiger partial charge in [0.15, 0.2) is 0 Å². The van der Waals surface area contributed by atoms with E-state index in [0.29, 0.717) is 18.0 Å². The van der Waals surface area contributed by atoms with Crippen LogP contribution in [0.5, 0.6) is 17.2 Å². The van der Waals surface area contributed by atoms with Crippen molar-refractivity contribution in [1.82, 2.24) is 4.90 Å². The number of urea groups is 1. The minimum atomic E-state index is -2.97. The van der Waals surface area contributed by atoms with E-state index in [1.165, 1.54) is 12.1 Å². The third-order valence-corrected chi connectivity index (χ3v) is 4.65. The molecular weight excluding hydrogens is 370 g/mol. The fourth-order valence-electron chi connectivity index (χ4n) is 3.39. The van der Waals surface area contributed by atoms with Crippen molar-refractivity contribution in [3.8, 4) is 17.2 Å². The minimum absolute atomic E-state index is 0.0828. The Hall–Kier alpha value is -3.03. The molecule has 1 atom stereocenters. The lowest BCUT2D eigenvalue weighted by atomic mass is 10.0. The Balaban J connectivity index is 1.83. The smallest absolute Gasteiger partial charge is 0.387 e. The molecule has 1 heterocycles. The van der Waals surface area contributed by atoms with Crippen LogP contribution in [0.25, 0.3) is 0 Å². The molecule has 2 aromatic carbocycles. The quantitative estimate of drug-likeness (QED) is 0.776. The molecule has 3 rings (SSSR count). The first-order chi connectivity index (χ1) is 13.5. The molecule has 8 heteroatoms. The average Bonchev–Trinajstić information content (AvgIpc) is 3.18. The van der Waals surface area contributed by atoms with E-state index in [4.69, 9.17) is 9.47 Å². The zero-order chi connectivity index (χ0) is 20.1. The van der Waals surface area contributed by atoms with Crippen molar-refractivity contribution in [2.24, 2.45) is 0 Å². The lowest BCUT2D eigenvalue weighted by molar-refractivity contribution is -0.0493. The van der Waals surface area contributed by atoms with Crippen LogP contribution < -0.4 is 19.5 Å². The number of alkyl halides is 2. The van der Waals surface area contributed by atoms with Gasteiger partial charge in [0.1, 0.15) is 17.2 Å². The standard InChI is InChI=1S/C20H22F2N2O4/c1-26-13-9-10-17(27-2)14(12-13)16-7-5-11-24(16)20(25)23-15-6-3-4-8-18(15)28-19(21)22/h3-4,6,8-10,12,16,19H,5,7,11H2,1-2H3,(H,23,25). The van der Waals surface area contributed by atoms with Crippen molar-refractivity contribution in [1.29, 1.82) is 0 Å². The minimum Gasteiger partial charge on any atom is -0.497 e. The summed E-state index contributed by atoms with van der Waals surface area (Å²) in [6.45, 7) is -2.44. The normalized spacial score (nSPS) is 16.2. The Kier molecular flexibility index (Phi) is 6.18. The fraction of sp³-hybridized carbons (Fsp3) is 0.350. The average molecular weight is 392 g/mol. The highest BCUT2D eigenvalue weighted by molar-refractivity contribution is 5.91. The Labute approximate surface area is 162 Å². The number of hydrogen-bond donors (Lipinski definition) is 1. The number of anilines is 1. The van der Waals surface area contributed by atoms with Gasteiger partial charge in [-0.3, -0.25) is 0 Å². The molecule has 28 heavy (non-hydrogen) atoms. The van der Waals surface area contributed by atoms with E-state index in [-0.39, 0.29) is 17.5 Å². The Morgan fingerprint density at radius 2 is 1.93 bits per heavy atom. The van der Waals surface area contributed by atoms with Gasteiger partial charge >= 0.3 is 12.6 Å². The number of para-hydroxylation sites is 2. The molecule has 0 saturated carbocycles. The highest BCUT2D eigenvalue weighted by atomic mass is 19.3. The second-order valence-electron chi connectivity index (χ2n) is 6.26. The van der Waals surface area contributed by atoms with Crippen LogP contribution in [0.15, 0.2) is 42.5 Å². The van der Waals surface area contributed by atoms with E-state index in [2.05, 4.69) is 10.1 Å². The summed E-state index contributed by atoms with van der Waals surface area (Å²) in [4.78, 5) is 14.6. The van der Waals surface area contributed by atoms with Gasteiger partial charge in [-0.15, -0.1) is 0 Å². The molecule has 2 amide bonds. The lowest BCUT2D eigenvalue weighted by Crippen LogP contribution is -2.34. The maximum absolute atomic E-state index is 12.9. The van der Waals surface area contributed by atoms with Crippen molar-refractivity contribution in [3.63, 3.8) is 0 Å². The van der Waals surface area contributed by atoms with E-state index >= 15 is 0 Å². The molecule has 0 bridgehead atoms. The van der Waals surface area contributed by atoms with Crippen molar-refractivity contribution in [2.45, 2.75) is 25.5 Å². The number of carbonyl (C=O) groups is 1. The van der Waals surface area contributed by atoms with Gasteiger partial charge in [0.2, 0.25) is 0 Å². The second kappa shape index (κ2) is 8.77. The monoisotopic (exact) mass is 392 g/mol. The third kappa shape index (κ3) is 4.27. The van der Waals surface area contributed by atoms with Crippen LogP contribution >= 0.6 is 0 Å². The van der Waals surface area contributed by atoms with Gasteiger partial charge in [0.25, 0.3) is 0 Å². The van der Waals surface area contributed by atoms with Crippen molar-refractivity contribution in [2.75, 3.05) is 26.1 Å². The van der Waals surface area contributed by atoms with Crippen LogP contribution in [0.4, 0.5) is 19.3 Å². The highest BCUT2D eigenvalue weighted by Crippen LogP contribution is 2.39. The van der Waals surface area contributed by atoms with E-state index in [1.54, 1.807) is 43.4 Å². The molecule has 6 nitrogen and oxygen atoms in total. The lowest BCUT2D eigenvalue weighted by Gasteiger charge is -2.27. The van der Waals surface area contributed by atoms with Crippen LogP contribution in [0.3, 0.4) is 0 Å². The van der Waals surface area contributed by atoms with Gasteiger partial charge in [-0.1, -0.05) is 12.1 Å². The van der Waals surface area contributed by atoms with E-state index < -0.39 is 12.6 Å². The number of hydrogen-bond acceptors (Lipinski definition) is 4. The first kappa shape index (κ1) is 19.7. The number of methoxy groups -OCH3 is 2. The van der Waals surface area contributed by atoms with Crippen molar-refractivity contribution >= 4 is 11.7 Å². The molecule has 1 saturated heterocycles. The van der Waals surface area contributed by atoms with Crippen molar-refractivity contribution in [3.05, 3.63) is 48.0 Å². The predicted molar refractivity (Wildman–Crippen MR) is 100 cm³/mol. The fourth-order valence-corrected chi connectivity index (χ4v) is 3.39. The zero-order valence-electron chi connectivity index (χ0n) is 15.7. The molecule has 1 fully saturated rings. The molecule has 1 aliphatic heterocycles. The van der Waals surface area contributed by atoms with Gasteiger partial charge in [-0.25, -0.2) is 4.79 Å². The molecule has 2 aromatic rings. The number of amides is 2. The number of nitrogens with one attached hydrogen (secondary N) is 1. The molecular formula is C20H22F2N2O4. The summed E-state index contributed by atoms with van der Waals surface area (Å²) in [6.07, 6.45) is 1.57. The first-order valence-corrected chi connectivity index (χ1v) is 8.87. The summed E-state index contributed by atoms with van der Waals surface area (Å²) < 4.78 is 40.4. The maximum Gasteiger partial charge on any atom is 0.387 e. The number of ether oxygens (including phenoxy) is 3. The summed E-state index contributed by atoms with van der Waals surface area (Å²) >= 11 is 0. The van der Waals surface area contributed by atoms with E-state index in [9.17, 15) is 13.6 Å². The van der Waals surface area contributed by atoms with Gasteiger partial charge in [0.05, 0.1) is 25.9 Å². The van der Waals surface area contributed by atoms with Crippen LogP contribution in [0, 0.1) is 0 Å². The van der Waals surface area contributed by atoms with Crippen LogP contribution in [-0.4, -0.2) is 38.3 Å². The SMILES string of the molecule is COc1ccc(OC)c(C2CCCN2C(=O)Nc2ccccc2OC(F)F)c1. The summed E-state index contributed by atoms with van der Waals surface area (Å²) in [5, 5.41) is 2.68. The molecule has 1 N–H and O–H groups in total. The van der Waals surface area contributed by atoms with Crippen LogP contribution in [0.1, 0.15) is 24.4 Å². The number of rotatable bonds is 6. The molecule has 0 spiro atoms. The molecule has 150 valence electrons. The summed E-state index contributed by atoms with van der Waals surface area (Å²) in [5.41, 5.74) is 1.03. The molecule has 1 unspecified atom stereocenters. The Morgan fingerprint density at radius 3 is 2.64 bits per heavy atom. The highest BCUT2D eigenvalue weighted by Gasteiger charge is 2.32. The van der Waals surface area contributed by atoms with Gasteiger partial charge < -0.3 is 24.4 Å². The molecule has 0 radical (unpaired) electrons. The molecule has 0 aliphatic carbocycles. The number of likely N-dealkylation sites (tertiary alicyclic amines) is 1. The van der Waals surface area contributed by atoms with E-state index in [0.717, 1.165) is 18.4 Å². The zero-order valence-corrected chi connectivity index (χ0v) is 15.7. The van der Waals surface area contributed by atoms with Gasteiger partial charge in [0, 0.05) is 12.1 Å². The summed E-state index contributed by atoms with van der Waals surface area (Å²) in [7, 11) is 3.15. The second-order valence-corrected chi connectivity index (χ2v) is 6.26. The number of halogens is 2. The Morgan fingerprint density at radius 1 is 1.14 bits per heavy atom. The predicted octanol–water partition coefficient (Wildman–Crippen LogP) is 4.67. The maximum atomic E-state index is 12.9. The van der Waals surface area contributed by atoms with Crippen LogP contribution in [-0.2, 0) is 0 Å². The largest absolute Gasteiger partial charge is 0.497 e. The summed E-state index contributed by atoms with van der Waals surface area (Å²) in [5.74, 6) is 1.24.